The molecule has 2 aliphatic rings. The summed E-state index contributed by atoms with van der Waals surface area (Å²) >= 11 is 0. The van der Waals surface area contributed by atoms with Gasteiger partial charge in [-0.3, -0.25) is 4.79 Å². The number of carbonyl (C=O) groups is 1. The molecular formula is C25H30N2O3. The molecule has 4 rings (SSSR count). The SMILES string of the molecule is COc1cc2c(cc1OC)[C@@H](CN(C)CCCN1C(=O)CC=Cc3ccccc31)C2. The number of benzene rings is 2. The summed E-state index contributed by atoms with van der Waals surface area (Å²) in [6, 6.07) is 12.4. The number of ether oxygens (including phenoxy) is 2. The number of hydrogen-bond donors (Lipinski definition) is 0. The number of hydrogen-bond acceptors (Lipinski definition) is 4. The van der Waals surface area contributed by atoms with E-state index in [0.717, 1.165) is 55.2 Å². The van der Waals surface area contributed by atoms with Gasteiger partial charge >= 0.3 is 0 Å². The van der Waals surface area contributed by atoms with Gasteiger partial charge in [-0.15, -0.1) is 0 Å². The number of anilines is 1. The summed E-state index contributed by atoms with van der Waals surface area (Å²) in [6.07, 6.45) is 6.50. The zero-order valence-corrected chi connectivity index (χ0v) is 18.1. The zero-order chi connectivity index (χ0) is 21.1. The van der Waals surface area contributed by atoms with Gasteiger partial charge in [-0.05, 0) is 61.3 Å². The molecule has 1 amide bonds. The Kier molecular flexibility index (Phi) is 6.09. The Balaban J connectivity index is 1.32. The van der Waals surface area contributed by atoms with E-state index in [2.05, 4.69) is 36.2 Å². The highest BCUT2D eigenvalue weighted by atomic mass is 16.5. The average Bonchev–Trinajstić information content (AvgIpc) is 2.90. The van der Waals surface area contributed by atoms with E-state index in [1.54, 1.807) is 14.2 Å². The molecule has 158 valence electrons. The number of rotatable bonds is 8. The maximum Gasteiger partial charge on any atom is 0.230 e. The molecule has 1 heterocycles. The quantitative estimate of drug-likeness (QED) is 0.662. The van der Waals surface area contributed by atoms with Gasteiger partial charge in [-0.1, -0.05) is 30.4 Å². The van der Waals surface area contributed by atoms with Crippen LogP contribution in [0.2, 0.25) is 0 Å². The molecule has 0 saturated carbocycles. The van der Waals surface area contributed by atoms with Crippen molar-refractivity contribution in [3.05, 3.63) is 59.2 Å². The number of fused-ring (bicyclic) bond motifs is 2. The molecule has 0 unspecified atom stereocenters. The molecule has 2 aromatic carbocycles. The Labute approximate surface area is 178 Å². The van der Waals surface area contributed by atoms with Gasteiger partial charge in [-0.2, -0.15) is 0 Å². The summed E-state index contributed by atoms with van der Waals surface area (Å²) in [5.74, 6) is 2.30. The van der Waals surface area contributed by atoms with Crippen molar-refractivity contribution in [2.24, 2.45) is 0 Å². The lowest BCUT2D eigenvalue weighted by Crippen LogP contribution is -2.35. The van der Waals surface area contributed by atoms with Crippen LogP contribution in [0.5, 0.6) is 11.5 Å². The van der Waals surface area contributed by atoms with Gasteiger partial charge in [-0.25, -0.2) is 0 Å². The molecule has 30 heavy (non-hydrogen) atoms. The summed E-state index contributed by atoms with van der Waals surface area (Å²) in [7, 11) is 5.53. The molecule has 0 fully saturated rings. The molecule has 1 atom stereocenters. The minimum absolute atomic E-state index is 0.174. The van der Waals surface area contributed by atoms with Gasteiger partial charge in [0, 0.05) is 25.4 Å². The predicted octanol–water partition coefficient (Wildman–Crippen LogP) is 4.12. The van der Waals surface area contributed by atoms with Crippen LogP contribution in [0, 0.1) is 0 Å². The number of likely N-dealkylation sites (N-methyl/N-ethyl adjacent to an activating group) is 1. The summed E-state index contributed by atoms with van der Waals surface area (Å²) in [4.78, 5) is 16.9. The maximum absolute atomic E-state index is 12.6. The van der Waals surface area contributed by atoms with Gasteiger partial charge in [0.2, 0.25) is 5.91 Å². The molecule has 5 heteroatoms. The van der Waals surface area contributed by atoms with E-state index in [0.29, 0.717) is 12.3 Å². The van der Waals surface area contributed by atoms with Crippen LogP contribution >= 0.6 is 0 Å². The molecule has 2 aromatic rings. The normalized spacial score (nSPS) is 17.3. The number of amides is 1. The zero-order valence-electron chi connectivity index (χ0n) is 18.1. The third-order valence-corrected chi connectivity index (χ3v) is 6.12. The lowest BCUT2D eigenvalue weighted by atomic mass is 9.77. The van der Waals surface area contributed by atoms with E-state index in [1.807, 2.05) is 29.2 Å². The molecule has 0 bridgehead atoms. The van der Waals surface area contributed by atoms with Crippen LogP contribution < -0.4 is 14.4 Å². The first-order valence-corrected chi connectivity index (χ1v) is 10.6. The van der Waals surface area contributed by atoms with E-state index in [1.165, 1.54) is 11.1 Å². The largest absolute Gasteiger partial charge is 0.493 e. The van der Waals surface area contributed by atoms with Crippen LogP contribution in [0.15, 0.2) is 42.5 Å². The molecule has 0 saturated heterocycles. The number of nitrogens with zero attached hydrogens (tertiary/aromatic N) is 2. The smallest absolute Gasteiger partial charge is 0.230 e. The lowest BCUT2D eigenvalue weighted by molar-refractivity contribution is -0.117. The first-order valence-electron chi connectivity index (χ1n) is 10.6. The second-order valence-corrected chi connectivity index (χ2v) is 8.13. The summed E-state index contributed by atoms with van der Waals surface area (Å²) in [6.45, 7) is 2.71. The predicted molar refractivity (Wildman–Crippen MR) is 121 cm³/mol. The third kappa shape index (κ3) is 4.08. The Morgan fingerprint density at radius 2 is 1.90 bits per heavy atom. The van der Waals surface area contributed by atoms with E-state index >= 15 is 0 Å². The molecule has 0 N–H and O–H groups in total. The monoisotopic (exact) mass is 406 g/mol. The maximum atomic E-state index is 12.6. The molecular weight excluding hydrogens is 376 g/mol. The van der Waals surface area contributed by atoms with Crippen molar-refractivity contribution in [3.63, 3.8) is 0 Å². The van der Waals surface area contributed by atoms with E-state index in [9.17, 15) is 4.79 Å². The van der Waals surface area contributed by atoms with Crippen molar-refractivity contribution >= 4 is 17.7 Å². The average molecular weight is 407 g/mol. The van der Waals surface area contributed by atoms with Crippen LogP contribution in [-0.4, -0.2) is 51.7 Å². The van der Waals surface area contributed by atoms with Crippen molar-refractivity contribution in [1.82, 2.24) is 4.90 Å². The Morgan fingerprint density at radius 3 is 2.70 bits per heavy atom. The van der Waals surface area contributed by atoms with Gasteiger partial charge in [0.25, 0.3) is 0 Å². The van der Waals surface area contributed by atoms with E-state index < -0.39 is 0 Å². The Morgan fingerprint density at radius 1 is 1.13 bits per heavy atom. The topological polar surface area (TPSA) is 42.0 Å². The van der Waals surface area contributed by atoms with Crippen LogP contribution in [0.4, 0.5) is 5.69 Å². The van der Waals surface area contributed by atoms with Gasteiger partial charge < -0.3 is 19.3 Å². The van der Waals surface area contributed by atoms with Gasteiger partial charge in [0.1, 0.15) is 0 Å². The Hall–Kier alpha value is -2.79. The van der Waals surface area contributed by atoms with Crippen molar-refractivity contribution < 1.29 is 14.3 Å². The summed E-state index contributed by atoms with van der Waals surface area (Å²) in [5.41, 5.74) is 4.85. The lowest BCUT2D eigenvalue weighted by Gasteiger charge is -2.34. The van der Waals surface area contributed by atoms with Crippen molar-refractivity contribution in [3.8, 4) is 11.5 Å². The van der Waals surface area contributed by atoms with Crippen molar-refractivity contribution in [2.75, 3.05) is 45.8 Å². The van der Waals surface area contributed by atoms with E-state index in [-0.39, 0.29) is 5.91 Å². The van der Waals surface area contributed by atoms with Crippen LogP contribution in [0.3, 0.4) is 0 Å². The number of para-hydroxylation sites is 1. The third-order valence-electron chi connectivity index (χ3n) is 6.12. The molecule has 1 aliphatic heterocycles. The molecule has 0 spiro atoms. The van der Waals surface area contributed by atoms with E-state index in [4.69, 9.17) is 9.47 Å². The second kappa shape index (κ2) is 8.92. The molecule has 0 aromatic heterocycles. The second-order valence-electron chi connectivity index (χ2n) is 8.13. The first kappa shape index (κ1) is 20.5. The fourth-order valence-electron chi connectivity index (χ4n) is 4.52. The fraction of sp³-hybridized carbons (Fsp3) is 0.400. The van der Waals surface area contributed by atoms with Gasteiger partial charge in [0.15, 0.2) is 11.5 Å². The minimum Gasteiger partial charge on any atom is -0.493 e. The fourth-order valence-corrected chi connectivity index (χ4v) is 4.52. The standard InChI is InChI=1S/C25H30N2O3/c1-26(17-20-14-19-15-23(29-2)24(30-3)16-21(19)20)12-7-13-27-22-10-5-4-8-18(22)9-6-11-25(27)28/h4-6,8-10,15-16,20H,7,11-14,17H2,1-3H3/t20-/m1/s1. The Bertz CT molecular complexity index is 953. The van der Waals surface area contributed by atoms with Crippen LogP contribution in [0.25, 0.3) is 6.08 Å². The number of carbonyl (C=O) groups excluding carboxylic acids is 1. The highest BCUT2D eigenvalue weighted by molar-refractivity contribution is 5.98. The van der Waals surface area contributed by atoms with Crippen LogP contribution in [-0.2, 0) is 11.2 Å². The summed E-state index contributed by atoms with van der Waals surface area (Å²) < 4.78 is 10.9. The highest BCUT2D eigenvalue weighted by Gasteiger charge is 2.29. The molecule has 1 aliphatic carbocycles. The molecule has 0 radical (unpaired) electrons. The summed E-state index contributed by atoms with van der Waals surface area (Å²) in [5, 5.41) is 0. The first-order chi connectivity index (χ1) is 14.6. The van der Waals surface area contributed by atoms with Crippen LogP contribution in [0.1, 0.15) is 35.4 Å². The van der Waals surface area contributed by atoms with Crippen molar-refractivity contribution in [1.29, 1.82) is 0 Å². The minimum atomic E-state index is 0.174. The molecule has 5 nitrogen and oxygen atoms in total. The number of methoxy groups -OCH3 is 2. The van der Waals surface area contributed by atoms with Gasteiger partial charge in [0.05, 0.1) is 19.9 Å². The highest BCUT2D eigenvalue weighted by Crippen LogP contribution is 2.42. The van der Waals surface area contributed by atoms with Crippen molar-refractivity contribution in [2.45, 2.75) is 25.2 Å².